The number of benzene rings is 2. The Bertz CT molecular complexity index is 920. The lowest BCUT2D eigenvalue weighted by Crippen LogP contribution is -2.28. The van der Waals surface area contributed by atoms with Crippen molar-refractivity contribution >= 4 is 16.8 Å². The number of hydrogen-bond acceptors (Lipinski definition) is 4. The number of fused-ring (bicyclic) bond motifs is 1. The second kappa shape index (κ2) is 8.64. The Balaban J connectivity index is 1.64. The summed E-state index contributed by atoms with van der Waals surface area (Å²) in [5.74, 6) is 0.209. The summed E-state index contributed by atoms with van der Waals surface area (Å²) in [7, 11) is 4.05. The molecule has 0 aliphatic rings. The summed E-state index contributed by atoms with van der Waals surface area (Å²) in [6.45, 7) is 1.66. The number of phenols is 1. The van der Waals surface area contributed by atoms with E-state index in [-0.39, 0.29) is 11.7 Å². The summed E-state index contributed by atoms with van der Waals surface area (Å²) in [6.07, 6.45) is 2.98. The van der Waals surface area contributed by atoms with Crippen LogP contribution in [-0.2, 0) is 11.2 Å². The Morgan fingerprint density at radius 2 is 1.89 bits per heavy atom. The normalized spacial score (nSPS) is 11.1. The first kappa shape index (κ1) is 18.9. The van der Waals surface area contributed by atoms with Crippen molar-refractivity contribution in [3.63, 3.8) is 0 Å². The summed E-state index contributed by atoms with van der Waals surface area (Å²) >= 11 is 0. The predicted octanol–water partition coefficient (Wildman–Crippen LogP) is 3.22. The highest BCUT2D eigenvalue weighted by Crippen LogP contribution is 2.30. The minimum Gasteiger partial charge on any atom is -0.506 e. The van der Waals surface area contributed by atoms with Crippen molar-refractivity contribution in [1.29, 1.82) is 0 Å². The van der Waals surface area contributed by atoms with Crippen molar-refractivity contribution in [2.24, 2.45) is 0 Å². The summed E-state index contributed by atoms with van der Waals surface area (Å²) in [4.78, 5) is 18.3. The number of aromatic nitrogens is 1. The predicted molar refractivity (Wildman–Crippen MR) is 109 cm³/mol. The molecule has 1 amide bonds. The van der Waals surface area contributed by atoms with Crippen molar-refractivity contribution in [2.45, 2.75) is 12.8 Å². The van der Waals surface area contributed by atoms with Crippen molar-refractivity contribution in [1.82, 2.24) is 15.2 Å². The van der Waals surface area contributed by atoms with Crippen LogP contribution in [0.4, 0.5) is 0 Å². The van der Waals surface area contributed by atoms with Crippen LogP contribution in [0.3, 0.4) is 0 Å². The van der Waals surface area contributed by atoms with E-state index in [4.69, 9.17) is 0 Å². The SMILES string of the molecule is CN(C)CCCNC(=O)Cc1ccc(-c2cc(O)c3ncccc3c2)cc1. The first-order valence-electron chi connectivity index (χ1n) is 9.11. The van der Waals surface area contributed by atoms with Crippen LogP contribution >= 0.6 is 0 Å². The van der Waals surface area contributed by atoms with E-state index in [1.165, 1.54) is 0 Å². The summed E-state index contributed by atoms with van der Waals surface area (Å²) in [5, 5.41) is 14.1. The molecule has 0 atom stereocenters. The van der Waals surface area contributed by atoms with Gasteiger partial charge in [0.1, 0.15) is 11.3 Å². The maximum atomic E-state index is 12.0. The van der Waals surface area contributed by atoms with E-state index < -0.39 is 0 Å². The fraction of sp³-hybridized carbons (Fsp3) is 0.273. The highest BCUT2D eigenvalue weighted by atomic mass is 16.3. The minimum atomic E-state index is 0.0379. The second-order valence-corrected chi connectivity index (χ2v) is 6.95. The molecule has 2 aromatic carbocycles. The molecule has 5 nitrogen and oxygen atoms in total. The average Bonchev–Trinajstić information content (AvgIpc) is 2.66. The largest absolute Gasteiger partial charge is 0.506 e. The standard InChI is InChI=1S/C22H25N3O2/c1-25(2)12-4-11-23-21(27)13-16-6-8-17(9-7-16)19-14-18-5-3-10-24-22(18)20(26)15-19/h3,5-10,14-15,26H,4,11-13H2,1-2H3,(H,23,27). The van der Waals surface area contributed by atoms with Crippen LogP contribution in [0, 0.1) is 0 Å². The molecule has 1 heterocycles. The number of carbonyl (C=O) groups is 1. The third-order valence-corrected chi connectivity index (χ3v) is 4.44. The smallest absolute Gasteiger partial charge is 0.224 e. The van der Waals surface area contributed by atoms with Gasteiger partial charge >= 0.3 is 0 Å². The number of aromatic hydroxyl groups is 1. The molecule has 0 radical (unpaired) electrons. The zero-order valence-corrected chi connectivity index (χ0v) is 15.8. The molecule has 2 N–H and O–H groups in total. The van der Waals surface area contributed by atoms with Gasteiger partial charge in [-0.05, 0) is 62.0 Å². The Hall–Kier alpha value is -2.92. The Labute approximate surface area is 159 Å². The van der Waals surface area contributed by atoms with Crippen LogP contribution in [0.2, 0.25) is 0 Å². The molecule has 0 unspecified atom stereocenters. The van der Waals surface area contributed by atoms with Crippen molar-refractivity contribution in [2.75, 3.05) is 27.2 Å². The maximum absolute atomic E-state index is 12.0. The highest BCUT2D eigenvalue weighted by Gasteiger charge is 2.07. The molecule has 27 heavy (non-hydrogen) atoms. The number of pyridine rings is 1. The number of rotatable bonds is 7. The number of amides is 1. The van der Waals surface area contributed by atoms with Gasteiger partial charge in [-0.3, -0.25) is 9.78 Å². The summed E-state index contributed by atoms with van der Waals surface area (Å²) in [5.41, 5.74) is 3.48. The van der Waals surface area contributed by atoms with Crippen molar-refractivity contribution in [3.8, 4) is 16.9 Å². The molecular weight excluding hydrogens is 338 g/mol. The van der Waals surface area contributed by atoms with Crippen molar-refractivity contribution < 1.29 is 9.90 Å². The van der Waals surface area contributed by atoms with Gasteiger partial charge in [0.2, 0.25) is 5.91 Å². The van der Waals surface area contributed by atoms with Gasteiger partial charge in [0.25, 0.3) is 0 Å². The lowest BCUT2D eigenvalue weighted by atomic mass is 10.0. The number of nitrogens with zero attached hydrogens (tertiary/aromatic N) is 2. The van der Waals surface area contributed by atoms with Crippen LogP contribution in [0.15, 0.2) is 54.7 Å². The quantitative estimate of drug-likeness (QED) is 0.633. The monoisotopic (exact) mass is 363 g/mol. The fourth-order valence-electron chi connectivity index (χ4n) is 3.03. The topological polar surface area (TPSA) is 65.5 Å². The lowest BCUT2D eigenvalue weighted by Gasteiger charge is -2.10. The molecule has 3 aromatic rings. The van der Waals surface area contributed by atoms with Gasteiger partial charge in [-0.2, -0.15) is 0 Å². The third-order valence-electron chi connectivity index (χ3n) is 4.44. The van der Waals surface area contributed by atoms with E-state index in [1.54, 1.807) is 12.3 Å². The van der Waals surface area contributed by atoms with Gasteiger partial charge in [-0.25, -0.2) is 0 Å². The molecule has 0 saturated carbocycles. The van der Waals surface area contributed by atoms with Crippen LogP contribution < -0.4 is 5.32 Å². The van der Waals surface area contributed by atoms with Gasteiger partial charge in [0, 0.05) is 18.1 Å². The molecule has 140 valence electrons. The number of carbonyl (C=O) groups excluding carboxylic acids is 1. The maximum Gasteiger partial charge on any atom is 0.224 e. The first-order valence-corrected chi connectivity index (χ1v) is 9.11. The molecular formula is C22H25N3O2. The van der Waals surface area contributed by atoms with Gasteiger partial charge in [-0.1, -0.05) is 30.3 Å². The lowest BCUT2D eigenvalue weighted by molar-refractivity contribution is -0.120. The zero-order chi connectivity index (χ0) is 19.2. The Morgan fingerprint density at radius 3 is 2.63 bits per heavy atom. The molecule has 0 aliphatic carbocycles. The van der Waals surface area contributed by atoms with Gasteiger partial charge in [-0.15, -0.1) is 0 Å². The van der Waals surface area contributed by atoms with Gasteiger partial charge < -0.3 is 15.3 Å². The van der Waals surface area contributed by atoms with Crippen LogP contribution in [0.1, 0.15) is 12.0 Å². The first-order chi connectivity index (χ1) is 13.0. The van der Waals surface area contributed by atoms with Gasteiger partial charge in [0.05, 0.1) is 6.42 Å². The Morgan fingerprint density at radius 1 is 1.11 bits per heavy atom. The Kier molecular flexibility index (Phi) is 6.04. The fourth-order valence-corrected chi connectivity index (χ4v) is 3.03. The van der Waals surface area contributed by atoms with E-state index in [2.05, 4.69) is 15.2 Å². The number of hydrogen-bond donors (Lipinski definition) is 2. The molecule has 0 bridgehead atoms. The summed E-state index contributed by atoms with van der Waals surface area (Å²) in [6, 6.07) is 15.4. The van der Waals surface area contributed by atoms with Crippen molar-refractivity contribution in [3.05, 3.63) is 60.3 Å². The molecule has 3 rings (SSSR count). The highest BCUT2D eigenvalue weighted by molar-refractivity contribution is 5.89. The van der Waals surface area contributed by atoms with Crippen LogP contribution in [0.25, 0.3) is 22.0 Å². The van der Waals surface area contributed by atoms with Gasteiger partial charge in [0.15, 0.2) is 0 Å². The van der Waals surface area contributed by atoms with E-state index >= 15 is 0 Å². The van der Waals surface area contributed by atoms with E-state index in [0.29, 0.717) is 18.5 Å². The van der Waals surface area contributed by atoms with E-state index in [9.17, 15) is 9.90 Å². The second-order valence-electron chi connectivity index (χ2n) is 6.95. The molecule has 0 aliphatic heterocycles. The van der Waals surface area contributed by atoms with Crippen LogP contribution in [-0.4, -0.2) is 48.1 Å². The molecule has 1 aromatic heterocycles. The third kappa shape index (κ3) is 5.05. The zero-order valence-electron chi connectivity index (χ0n) is 15.8. The average molecular weight is 363 g/mol. The van der Waals surface area contributed by atoms with E-state index in [1.807, 2.05) is 56.6 Å². The minimum absolute atomic E-state index is 0.0379. The molecule has 5 heteroatoms. The number of phenolic OH excluding ortho intramolecular Hbond substituents is 1. The van der Waals surface area contributed by atoms with Crippen LogP contribution in [0.5, 0.6) is 5.75 Å². The molecule has 0 spiro atoms. The molecule has 0 fully saturated rings. The summed E-state index contributed by atoms with van der Waals surface area (Å²) < 4.78 is 0. The number of nitrogens with one attached hydrogen (secondary N) is 1. The van der Waals surface area contributed by atoms with E-state index in [0.717, 1.165) is 35.0 Å². The molecule has 0 saturated heterocycles.